The number of aliphatic hydroxyl groups is 1. The molecule has 0 atom stereocenters. The van der Waals surface area contributed by atoms with Gasteiger partial charge in [0.1, 0.15) is 17.1 Å². The maximum absolute atomic E-state index is 13.6. The van der Waals surface area contributed by atoms with Crippen LogP contribution in [0.25, 0.3) is 0 Å². The van der Waals surface area contributed by atoms with Crippen LogP contribution in [0.5, 0.6) is 0 Å². The highest BCUT2D eigenvalue weighted by molar-refractivity contribution is 6.37. The Labute approximate surface area is 108 Å². The van der Waals surface area contributed by atoms with Crippen molar-refractivity contribution in [3.63, 3.8) is 0 Å². The van der Waals surface area contributed by atoms with Gasteiger partial charge in [-0.1, -0.05) is 17.7 Å². The summed E-state index contributed by atoms with van der Waals surface area (Å²) in [5.74, 6) is -2.12. The van der Waals surface area contributed by atoms with E-state index >= 15 is 0 Å². The molecule has 0 amide bonds. The SMILES string of the molecule is COC(=O)/C(C(=N)c1c(F)cccc1Cl)=C(\C)O. The zero-order valence-electron chi connectivity index (χ0n) is 9.75. The Kier molecular flexibility index (Phi) is 4.44. The van der Waals surface area contributed by atoms with Gasteiger partial charge in [0.15, 0.2) is 0 Å². The summed E-state index contributed by atoms with van der Waals surface area (Å²) in [6.07, 6.45) is 0. The normalized spacial score (nSPS) is 11.8. The van der Waals surface area contributed by atoms with Gasteiger partial charge in [-0.25, -0.2) is 9.18 Å². The van der Waals surface area contributed by atoms with E-state index in [1.165, 1.54) is 19.1 Å². The zero-order chi connectivity index (χ0) is 13.9. The summed E-state index contributed by atoms with van der Waals surface area (Å²) in [6, 6.07) is 3.87. The van der Waals surface area contributed by atoms with Crippen LogP contribution in [0.4, 0.5) is 4.39 Å². The number of nitrogens with one attached hydrogen (secondary N) is 1. The molecular weight excluding hydrogens is 261 g/mol. The van der Waals surface area contributed by atoms with Gasteiger partial charge >= 0.3 is 5.97 Å². The maximum Gasteiger partial charge on any atom is 0.343 e. The fourth-order valence-corrected chi connectivity index (χ4v) is 1.65. The maximum atomic E-state index is 13.6. The second-order valence-corrected chi connectivity index (χ2v) is 3.83. The Bertz CT molecular complexity index is 516. The molecule has 1 aromatic carbocycles. The van der Waals surface area contributed by atoms with E-state index in [2.05, 4.69) is 4.74 Å². The lowest BCUT2D eigenvalue weighted by molar-refractivity contribution is -0.135. The number of halogens is 2. The number of benzene rings is 1. The lowest BCUT2D eigenvalue weighted by atomic mass is 10.0. The Morgan fingerprint density at radius 2 is 2.11 bits per heavy atom. The Morgan fingerprint density at radius 1 is 1.50 bits per heavy atom. The summed E-state index contributed by atoms with van der Waals surface area (Å²) >= 11 is 5.78. The highest BCUT2D eigenvalue weighted by Crippen LogP contribution is 2.23. The first-order chi connectivity index (χ1) is 8.40. The molecule has 0 bridgehead atoms. The summed E-state index contributed by atoms with van der Waals surface area (Å²) in [5.41, 5.74) is -1.21. The number of carbonyl (C=O) groups excluding carboxylic acids is 1. The van der Waals surface area contributed by atoms with Crippen molar-refractivity contribution >= 4 is 23.3 Å². The molecule has 1 aromatic rings. The fraction of sp³-hybridized carbons (Fsp3) is 0.167. The average molecular weight is 272 g/mol. The van der Waals surface area contributed by atoms with Crippen LogP contribution in [0.3, 0.4) is 0 Å². The van der Waals surface area contributed by atoms with Gasteiger partial charge < -0.3 is 9.84 Å². The second-order valence-electron chi connectivity index (χ2n) is 3.42. The summed E-state index contributed by atoms with van der Waals surface area (Å²) < 4.78 is 18.0. The highest BCUT2D eigenvalue weighted by Gasteiger charge is 2.24. The van der Waals surface area contributed by atoms with Crippen molar-refractivity contribution < 1.29 is 19.0 Å². The van der Waals surface area contributed by atoms with Crippen molar-refractivity contribution in [2.75, 3.05) is 7.11 Å². The van der Waals surface area contributed by atoms with E-state index in [1.54, 1.807) is 0 Å². The predicted octanol–water partition coefficient (Wildman–Crippen LogP) is 2.85. The van der Waals surface area contributed by atoms with Crippen LogP contribution < -0.4 is 0 Å². The first kappa shape index (κ1) is 14.2. The molecule has 0 aromatic heterocycles. The molecular formula is C12H11ClFNO3. The molecule has 0 aliphatic carbocycles. The van der Waals surface area contributed by atoms with E-state index < -0.39 is 28.8 Å². The molecule has 96 valence electrons. The second kappa shape index (κ2) is 5.64. The van der Waals surface area contributed by atoms with Gasteiger partial charge in [-0.05, 0) is 19.1 Å². The first-order valence-electron chi connectivity index (χ1n) is 4.91. The van der Waals surface area contributed by atoms with Crippen LogP contribution in [0.2, 0.25) is 5.02 Å². The summed E-state index contributed by atoms with van der Waals surface area (Å²) in [4.78, 5) is 11.4. The number of esters is 1. The molecule has 18 heavy (non-hydrogen) atoms. The van der Waals surface area contributed by atoms with Gasteiger partial charge in [0, 0.05) is 0 Å². The Balaban J connectivity index is 3.38. The fourth-order valence-electron chi connectivity index (χ4n) is 1.39. The number of aliphatic hydroxyl groups excluding tert-OH is 1. The van der Waals surface area contributed by atoms with Crippen molar-refractivity contribution in [3.8, 4) is 0 Å². The smallest absolute Gasteiger partial charge is 0.343 e. The molecule has 0 unspecified atom stereocenters. The number of rotatable bonds is 3. The van der Waals surface area contributed by atoms with Crippen LogP contribution in [0, 0.1) is 11.2 Å². The van der Waals surface area contributed by atoms with Gasteiger partial charge in [-0.15, -0.1) is 0 Å². The quantitative estimate of drug-likeness (QED) is 0.384. The predicted molar refractivity (Wildman–Crippen MR) is 65.6 cm³/mol. The van der Waals surface area contributed by atoms with Gasteiger partial charge in [0.25, 0.3) is 0 Å². The number of hydrogen-bond donors (Lipinski definition) is 2. The molecule has 1 rings (SSSR count). The Hall–Kier alpha value is -1.88. The van der Waals surface area contributed by atoms with Gasteiger partial charge in [0.05, 0.1) is 23.4 Å². The molecule has 0 spiro atoms. The first-order valence-corrected chi connectivity index (χ1v) is 5.29. The molecule has 0 saturated carbocycles. The van der Waals surface area contributed by atoms with Crippen LogP contribution >= 0.6 is 11.6 Å². The van der Waals surface area contributed by atoms with Crippen LogP contribution in [0.15, 0.2) is 29.5 Å². The molecule has 0 aliphatic heterocycles. The van der Waals surface area contributed by atoms with Crippen molar-refractivity contribution in [2.24, 2.45) is 0 Å². The van der Waals surface area contributed by atoms with E-state index in [-0.39, 0.29) is 10.6 Å². The molecule has 0 radical (unpaired) electrons. The average Bonchev–Trinajstić information content (AvgIpc) is 2.28. The molecule has 2 N–H and O–H groups in total. The van der Waals surface area contributed by atoms with Crippen molar-refractivity contribution in [1.82, 2.24) is 0 Å². The summed E-state index contributed by atoms with van der Waals surface area (Å²) in [6.45, 7) is 1.20. The highest BCUT2D eigenvalue weighted by atomic mass is 35.5. The third-order valence-electron chi connectivity index (χ3n) is 2.21. The molecule has 0 saturated heterocycles. The van der Waals surface area contributed by atoms with Crippen LogP contribution in [0.1, 0.15) is 12.5 Å². The molecule has 0 heterocycles. The van der Waals surface area contributed by atoms with Crippen LogP contribution in [-0.4, -0.2) is 23.9 Å². The van der Waals surface area contributed by atoms with Crippen molar-refractivity contribution in [2.45, 2.75) is 6.92 Å². The third-order valence-corrected chi connectivity index (χ3v) is 2.53. The number of methoxy groups -OCH3 is 1. The van der Waals surface area contributed by atoms with Crippen molar-refractivity contribution in [3.05, 3.63) is 45.9 Å². The van der Waals surface area contributed by atoms with E-state index in [0.29, 0.717) is 0 Å². The number of allylic oxidation sites excluding steroid dienone is 1. The molecule has 0 aliphatic rings. The number of ether oxygens (including phenoxy) is 1. The minimum absolute atomic E-state index is 0.0253. The minimum atomic E-state index is -0.931. The summed E-state index contributed by atoms with van der Waals surface area (Å²) in [7, 11) is 1.10. The van der Waals surface area contributed by atoms with E-state index in [4.69, 9.17) is 17.0 Å². The lowest BCUT2D eigenvalue weighted by Gasteiger charge is -2.10. The monoisotopic (exact) mass is 271 g/mol. The third kappa shape index (κ3) is 2.68. The van der Waals surface area contributed by atoms with Crippen LogP contribution in [-0.2, 0) is 9.53 Å². The molecule has 4 nitrogen and oxygen atoms in total. The lowest BCUT2D eigenvalue weighted by Crippen LogP contribution is -2.18. The zero-order valence-corrected chi connectivity index (χ0v) is 10.5. The number of hydrogen-bond acceptors (Lipinski definition) is 4. The number of carbonyl (C=O) groups is 1. The van der Waals surface area contributed by atoms with E-state index in [9.17, 15) is 14.3 Å². The minimum Gasteiger partial charge on any atom is -0.512 e. The van der Waals surface area contributed by atoms with E-state index in [0.717, 1.165) is 13.2 Å². The topological polar surface area (TPSA) is 70.4 Å². The van der Waals surface area contributed by atoms with Gasteiger partial charge in [0.2, 0.25) is 0 Å². The van der Waals surface area contributed by atoms with Gasteiger partial charge in [-0.2, -0.15) is 0 Å². The molecule has 6 heteroatoms. The Morgan fingerprint density at radius 3 is 2.56 bits per heavy atom. The van der Waals surface area contributed by atoms with E-state index in [1.807, 2.05) is 0 Å². The van der Waals surface area contributed by atoms with Gasteiger partial charge in [-0.3, -0.25) is 5.41 Å². The van der Waals surface area contributed by atoms with Crippen molar-refractivity contribution in [1.29, 1.82) is 5.41 Å². The summed E-state index contributed by atoms with van der Waals surface area (Å²) in [5, 5.41) is 17.2. The standard InChI is InChI=1S/C12H11ClFNO3/c1-6(16)9(12(17)18-2)11(15)10-7(13)4-3-5-8(10)14/h3-5,15-16H,1-2H3/b9-6+,15-11?. The molecule has 0 fully saturated rings. The largest absolute Gasteiger partial charge is 0.512 e.